The van der Waals surface area contributed by atoms with Gasteiger partial charge in [-0.25, -0.2) is 13.1 Å². The maximum Gasteiger partial charge on any atom is 0.262 e. The van der Waals surface area contributed by atoms with Crippen molar-refractivity contribution in [3.8, 4) is 5.75 Å². The number of ether oxygens (including phenoxy) is 1. The smallest absolute Gasteiger partial charge is 0.262 e. The second-order valence-electron chi connectivity index (χ2n) is 8.16. The summed E-state index contributed by atoms with van der Waals surface area (Å²) in [5.41, 5.74) is 1.61. The Balaban J connectivity index is 1.55. The van der Waals surface area contributed by atoms with Gasteiger partial charge in [-0.1, -0.05) is 51.3 Å². The van der Waals surface area contributed by atoms with Crippen molar-refractivity contribution in [2.45, 2.75) is 69.2 Å². The van der Waals surface area contributed by atoms with E-state index in [0.29, 0.717) is 17.4 Å². The zero-order valence-corrected chi connectivity index (χ0v) is 19.1. The summed E-state index contributed by atoms with van der Waals surface area (Å²) in [6, 6.07) is 14.0. The summed E-state index contributed by atoms with van der Waals surface area (Å²) in [7, 11) is -3.55. The van der Waals surface area contributed by atoms with Crippen LogP contribution in [-0.2, 0) is 14.8 Å². The molecule has 0 spiro atoms. The average molecular weight is 445 g/mol. The molecule has 0 radical (unpaired) electrons. The lowest BCUT2D eigenvalue weighted by Gasteiger charge is -2.22. The molecule has 7 heteroatoms. The second kappa shape index (κ2) is 10.8. The van der Waals surface area contributed by atoms with E-state index in [-0.39, 0.29) is 23.5 Å². The number of carbonyl (C=O) groups excluding carboxylic acids is 1. The highest BCUT2D eigenvalue weighted by Crippen LogP contribution is 2.28. The van der Waals surface area contributed by atoms with Crippen molar-refractivity contribution in [2.24, 2.45) is 0 Å². The summed E-state index contributed by atoms with van der Waals surface area (Å²) in [6.45, 7) is 4.13. The standard InChI is InChI=1S/C24H32N2O4S/c1-3-18(2)22-11-7-8-12-23(22)30-17-24(27)25-19-13-15-21(16-14-19)31(28,29)26-20-9-5-4-6-10-20/h7-8,11-16,18,20,26H,3-6,9-10,17H2,1-2H3,(H,25,27)/t18-/m1/s1. The van der Waals surface area contributed by atoms with Crippen LogP contribution in [0.1, 0.15) is 63.9 Å². The van der Waals surface area contributed by atoms with Gasteiger partial charge in [0.15, 0.2) is 6.61 Å². The van der Waals surface area contributed by atoms with Gasteiger partial charge in [-0.2, -0.15) is 0 Å². The molecule has 2 aromatic carbocycles. The summed E-state index contributed by atoms with van der Waals surface area (Å²) < 4.78 is 33.7. The maximum atomic E-state index is 12.6. The molecular formula is C24H32N2O4S. The molecule has 1 fully saturated rings. The molecule has 2 N–H and O–H groups in total. The highest BCUT2D eigenvalue weighted by molar-refractivity contribution is 7.89. The third kappa shape index (κ3) is 6.55. The van der Waals surface area contributed by atoms with Crippen LogP contribution in [0.15, 0.2) is 53.4 Å². The van der Waals surface area contributed by atoms with Gasteiger partial charge in [0.2, 0.25) is 10.0 Å². The monoisotopic (exact) mass is 444 g/mol. The van der Waals surface area contributed by atoms with Crippen molar-refractivity contribution >= 4 is 21.6 Å². The van der Waals surface area contributed by atoms with Gasteiger partial charge in [0.1, 0.15) is 5.75 Å². The lowest BCUT2D eigenvalue weighted by molar-refractivity contribution is -0.118. The predicted molar refractivity (Wildman–Crippen MR) is 123 cm³/mol. The number of hydrogen-bond acceptors (Lipinski definition) is 4. The van der Waals surface area contributed by atoms with Gasteiger partial charge >= 0.3 is 0 Å². The molecule has 0 saturated heterocycles. The molecule has 0 aliphatic heterocycles. The van der Waals surface area contributed by atoms with Crippen LogP contribution in [0, 0.1) is 0 Å². The highest BCUT2D eigenvalue weighted by atomic mass is 32.2. The first-order valence-corrected chi connectivity index (χ1v) is 12.5. The minimum Gasteiger partial charge on any atom is -0.483 e. The molecule has 31 heavy (non-hydrogen) atoms. The predicted octanol–water partition coefficient (Wildman–Crippen LogP) is 4.83. The van der Waals surface area contributed by atoms with Gasteiger partial charge in [-0.3, -0.25) is 4.79 Å². The van der Waals surface area contributed by atoms with Crippen molar-refractivity contribution in [3.63, 3.8) is 0 Å². The summed E-state index contributed by atoms with van der Waals surface area (Å²) in [6.07, 6.45) is 6.03. The average Bonchev–Trinajstić information content (AvgIpc) is 2.78. The summed E-state index contributed by atoms with van der Waals surface area (Å²) in [5.74, 6) is 0.757. The Morgan fingerprint density at radius 3 is 2.42 bits per heavy atom. The fraction of sp³-hybridized carbons (Fsp3) is 0.458. The van der Waals surface area contributed by atoms with Crippen LogP contribution >= 0.6 is 0 Å². The number of anilines is 1. The van der Waals surface area contributed by atoms with Gasteiger partial charge in [-0.15, -0.1) is 0 Å². The number of para-hydroxylation sites is 1. The molecule has 1 aliphatic rings. The van der Waals surface area contributed by atoms with Crippen LogP contribution < -0.4 is 14.8 Å². The summed E-state index contributed by atoms with van der Waals surface area (Å²) in [4.78, 5) is 12.5. The minimum absolute atomic E-state index is 0.00795. The molecule has 168 valence electrons. The van der Waals surface area contributed by atoms with E-state index < -0.39 is 10.0 Å². The molecule has 0 heterocycles. The van der Waals surface area contributed by atoms with Crippen LogP contribution in [-0.4, -0.2) is 27.0 Å². The third-order valence-corrected chi connectivity index (χ3v) is 7.33. The van der Waals surface area contributed by atoms with Crippen molar-refractivity contribution in [1.82, 2.24) is 4.72 Å². The normalized spacial score (nSPS) is 15.9. The van der Waals surface area contributed by atoms with Crippen LogP contribution in [0.2, 0.25) is 0 Å². The number of benzene rings is 2. The molecule has 6 nitrogen and oxygen atoms in total. The number of carbonyl (C=O) groups is 1. The molecule has 1 saturated carbocycles. The summed E-state index contributed by atoms with van der Waals surface area (Å²) >= 11 is 0. The van der Waals surface area contributed by atoms with Crippen molar-refractivity contribution < 1.29 is 17.9 Å². The van der Waals surface area contributed by atoms with E-state index in [4.69, 9.17) is 4.74 Å². The fourth-order valence-electron chi connectivity index (χ4n) is 3.80. The van der Waals surface area contributed by atoms with Crippen molar-refractivity contribution in [3.05, 3.63) is 54.1 Å². The van der Waals surface area contributed by atoms with Crippen LogP contribution in [0.5, 0.6) is 5.75 Å². The largest absolute Gasteiger partial charge is 0.483 e. The topological polar surface area (TPSA) is 84.5 Å². The van der Waals surface area contributed by atoms with Gasteiger partial charge in [0.05, 0.1) is 4.90 Å². The Bertz CT molecular complexity index is 967. The highest BCUT2D eigenvalue weighted by Gasteiger charge is 2.21. The summed E-state index contributed by atoms with van der Waals surface area (Å²) in [5, 5.41) is 2.76. The van der Waals surface area contributed by atoms with E-state index >= 15 is 0 Å². The van der Waals surface area contributed by atoms with E-state index in [2.05, 4.69) is 23.9 Å². The Morgan fingerprint density at radius 2 is 1.74 bits per heavy atom. The van der Waals surface area contributed by atoms with Crippen LogP contribution in [0.3, 0.4) is 0 Å². The Labute approximate surface area is 185 Å². The van der Waals surface area contributed by atoms with E-state index in [1.54, 1.807) is 12.1 Å². The molecule has 1 aliphatic carbocycles. The van der Waals surface area contributed by atoms with E-state index in [9.17, 15) is 13.2 Å². The van der Waals surface area contributed by atoms with Crippen LogP contribution in [0.25, 0.3) is 0 Å². The molecular weight excluding hydrogens is 412 g/mol. The van der Waals surface area contributed by atoms with Gasteiger partial charge in [-0.05, 0) is 61.1 Å². The molecule has 2 aromatic rings. The van der Waals surface area contributed by atoms with Crippen LogP contribution in [0.4, 0.5) is 5.69 Å². The van der Waals surface area contributed by atoms with Crippen molar-refractivity contribution in [2.75, 3.05) is 11.9 Å². The van der Waals surface area contributed by atoms with E-state index in [1.807, 2.05) is 24.3 Å². The Hall–Kier alpha value is -2.38. The number of nitrogens with one attached hydrogen (secondary N) is 2. The molecule has 0 bridgehead atoms. The minimum atomic E-state index is -3.55. The zero-order chi connectivity index (χ0) is 22.3. The SMILES string of the molecule is CC[C@@H](C)c1ccccc1OCC(=O)Nc1ccc(S(=O)(=O)NC2CCCCC2)cc1. The molecule has 1 atom stereocenters. The lowest BCUT2D eigenvalue weighted by Crippen LogP contribution is -2.36. The number of amides is 1. The lowest BCUT2D eigenvalue weighted by atomic mass is 9.96. The third-order valence-electron chi connectivity index (χ3n) is 5.80. The van der Waals surface area contributed by atoms with Gasteiger partial charge < -0.3 is 10.1 Å². The quantitative estimate of drug-likeness (QED) is 0.580. The molecule has 0 unspecified atom stereocenters. The Morgan fingerprint density at radius 1 is 1.06 bits per heavy atom. The number of rotatable bonds is 9. The number of sulfonamides is 1. The first-order valence-electron chi connectivity index (χ1n) is 11.0. The number of hydrogen-bond donors (Lipinski definition) is 2. The Kier molecular flexibility index (Phi) is 8.09. The van der Waals surface area contributed by atoms with Gasteiger partial charge in [0.25, 0.3) is 5.91 Å². The molecule has 1 amide bonds. The fourth-order valence-corrected chi connectivity index (χ4v) is 5.11. The first-order chi connectivity index (χ1) is 14.9. The van der Waals surface area contributed by atoms with Crippen molar-refractivity contribution in [1.29, 1.82) is 0 Å². The van der Waals surface area contributed by atoms with Gasteiger partial charge in [0, 0.05) is 11.7 Å². The zero-order valence-electron chi connectivity index (χ0n) is 18.3. The maximum absolute atomic E-state index is 12.6. The molecule has 0 aromatic heterocycles. The van der Waals surface area contributed by atoms with E-state index in [1.165, 1.54) is 18.6 Å². The second-order valence-corrected chi connectivity index (χ2v) is 9.88. The molecule has 3 rings (SSSR count). The van der Waals surface area contributed by atoms with E-state index in [0.717, 1.165) is 37.7 Å². The first kappa shape index (κ1) is 23.3.